The number of aryl methyl sites for hydroxylation is 1. The number of nitrogens with zero attached hydrogens (tertiary/aromatic N) is 1. The average Bonchev–Trinajstić information content (AvgIpc) is 2.41. The van der Waals surface area contributed by atoms with Crippen molar-refractivity contribution < 1.29 is 8.42 Å². The number of nitrogens with one attached hydrogen (secondary N) is 1. The van der Waals surface area contributed by atoms with Crippen LogP contribution in [0, 0.1) is 12.8 Å². The maximum Gasteiger partial charge on any atom is 0.243 e. The molecule has 5 heteroatoms. The SMILES string of the molecule is CNCc1cc(S(=O)(=O)N2CCCC(C)C2)ccc1C. The van der Waals surface area contributed by atoms with Crippen LogP contribution in [-0.4, -0.2) is 32.9 Å². The van der Waals surface area contributed by atoms with E-state index in [-0.39, 0.29) is 0 Å². The summed E-state index contributed by atoms with van der Waals surface area (Å²) in [5, 5.41) is 3.08. The number of hydrogen-bond acceptors (Lipinski definition) is 3. The van der Waals surface area contributed by atoms with Crippen LogP contribution in [0.25, 0.3) is 0 Å². The molecule has 20 heavy (non-hydrogen) atoms. The monoisotopic (exact) mass is 296 g/mol. The summed E-state index contributed by atoms with van der Waals surface area (Å²) in [5.74, 6) is 0.445. The lowest BCUT2D eigenvalue weighted by Gasteiger charge is -2.30. The van der Waals surface area contributed by atoms with Crippen molar-refractivity contribution in [2.24, 2.45) is 5.92 Å². The Labute approximate surface area is 122 Å². The molecule has 1 unspecified atom stereocenters. The predicted octanol–water partition coefficient (Wildman–Crippen LogP) is 2.14. The second kappa shape index (κ2) is 6.24. The first-order valence-electron chi connectivity index (χ1n) is 7.19. The molecule has 1 aliphatic rings. The van der Waals surface area contributed by atoms with Crippen LogP contribution in [0.3, 0.4) is 0 Å². The van der Waals surface area contributed by atoms with Crippen molar-refractivity contribution in [1.29, 1.82) is 0 Å². The van der Waals surface area contributed by atoms with Gasteiger partial charge in [-0.25, -0.2) is 8.42 Å². The topological polar surface area (TPSA) is 49.4 Å². The first-order chi connectivity index (χ1) is 9.45. The zero-order valence-electron chi connectivity index (χ0n) is 12.5. The second-order valence-electron chi connectivity index (χ2n) is 5.73. The third-order valence-electron chi connectivity index (χ3n) is 3.95. The predicted molar refractivity (Wildman–Crippen MR) is 81.1 cm³/mol. The normalized spacial score (nSPS) is 21.1. The molecule has 1 N–H and O–H groups in total. The van der Waals surface area contributed by atoms with Crippen LogP contribution in [0.5, 0.6) is 0 Å². The molecule has 1 aliphatic heterocycles. The molecule has 1 saturated heterocycles. The highest BCUT2D eigenvalue weighted by atomic mass is 32.2. The highest BCUT2D eigenvalue weighted by Crippen LogP contribution is 2.24. The Kier molecular flexibility index (Phi) is 4.83. The fraction of sp³-hybridized carbons (Fsp3) is 0.600. The van der Waals surface area contributed by atoms with E-state index in [0.29, 0.717) is 30.4 Å². The van der Waals surface area contributed by atoms with Gasteiger partial charge in [0.1, 0.15) is 0 Å². The molecule has 0 spiro atoms. The molecular weight excluding hydrogens is 272 g/mol. The molecule has 0 bridgehead atoms. The zero-order valence-corrected chi connectivity index (χ0v) is 13.3. The summed E-state index contributed by atoms with van der Waals surface area (Å²) >= 11 is 0. The first kappa shape index (κ1) is 15.5. The molecule has 1 aromatic carbocycles. The van der Waals surface area contributed by atoms with Gasteiger partial charge in [0, 0.05) is 19.6 Å². The lowest BCUT2D eigenvalue weighted by molar-refractivity contribution is 0.281. The van der Waals surface area contributed by atoms with Crippen LogP contribution in [0.15, 0.2) is 23.1 Å². The minimum absolute atomic E-state index is 0.419. The van der Waals surface area contributed by atoms with Crippen molar-refractivity contribution in [2.45, 2.75) is 38.1 Å². The van der Waals surface area contributed by atoms with Gasteiger partial charge in [0.2, 0.25) is 10.0 Å². The van der Waals surface area contributed by atoms with E-state index in [4.69, 9.17) is 0 Å². The van der Waals surface area contributed by atoms with Crippen molar-refractivity contribution in [3.63, 3.8) is 0 Å². The summed E-state index contributed by atoms with van der Waals surface area (Å²) in [6.07, 6.45) is 2.07. The Morgan fingerprint density at radius 1 is 1.40 bits per heavy atom. The van der Waals surface area contributed by atoms with Gasteiger partial charge in [0.05, 0.1) is 4.90 Å². The summed E-state index contributed by atoms with van der Waals surface area (Å²) in [6, 6.07) is 5.43. The number of hydrogen-bond donors (Lipinski definition) is 1. The summed E-state index contributed by atoms with van der Waals surface area (Å²) in [4.78, 5) is 0.419. The minimum atomic E-state index is -3.35. The van der Waals surface area contributed by atoms with Gasteiger partial charge in [-0.3, -0.25) is 0 Å². The molecule has 0 aromatic heterocycles. The Bertz CT molecular complexity index is 569. The van der Waals surface area contributed by atoms with Crippen LogP contribution in [-0.2, 0) is 16.6 Å². The molecule has 0 saturated carbocycles. The second-order valence-corrected chi connectivity index (χ2v) is 7.67. The maximum atomic E-state index is 12.7. The summed E-state index contributed by atoms with van der Waals surface area (Å²) in [7, 11) is -1.48. The van der Waals surface area contributed by atoms with Crippen molar-refractivity contribution in [2.75, 3.05) is 20.1 Å². The van der Waals surface area contributed by atoms with Crippen LogP contribution in [0.4, 0.5) is 0 Å². The lowest BCUT2D eigenvalue weighted by Crippen LogP contribution is -2.39. The molecule has 1 heterocycles. The molecule has 0 aliphatic carbocycles. The quantitative estimate of drug-likeness (QED) is 0.926. The highest BCUT2D eigenvalue weighted by Gasteiger charge is 2.28. The van der Waals surface area contributed by atoms with Gasteiger partial charge in [-0.15, -0.1) is 0 Å². The van der Waals surface area contributed by atoms with Crippen molar-refractivity contribution in [3.05, 3.63) is 29.3 Å². The third-order valence-corrected chi connectivity index (χ3v) is 5.81. The Hall–Kier alpha value is -0.910. The van der Waals surface area contributed by atoms with E-state index in [0.717, 1.165) is 24.0 Å². The average molecular weight is 296 g/mol. The number of benzene rings is 1. The summed E-state index contributed by atoms with van der Waals surface area (Å²) < 4.78 is 27.0. The molecular formula is C15H24N2O2S. The third kappa shape index (κ3) is 3.22. The Morgan fingerprint density at radius 2 is 2.15 bits per heavy atom. The van der Waals surface area contributed by atoms with Crippen molar-refractivity contribution in [1.82, 2.24) is 9.62 Å². The smallest absolute Gasteiger partial charge is 0.243 e. The van der Waals surface area contributed by atoms with Crippen LogP contribution >= 0.6 is 0 Å². The molecule has 112 valence electrons. The van der Waals surface area contributed by atoms with Gasteiger partial charge in [-0.2, -0.15) is 4.31 Å². The minimum Gasteiger partial charge on any atom is -0.316 e. The van der Waals surface area contributed by atoms with Gasteiger partial charge in [0.25, 0.3) is 0 Å². The molecule has 1 atom stereocenters. The maximum absolute atomic E-state index is 12.7. The van der Waals surface area contributed by atoms with Crippen LogP contribution in [0.2, 0.25) is 0 Å². The fourth-order valence-electron chi connectivity index (χ4n) is 2.70. The Morgan fingerprint density at radius 3 is 2.80 bits per heavy atom. The largest absolute Gasteiger partial charge is 0.316 e. The van der Waals surface area contributed by atoms with Gasteiger partial charge in [-0.05, 0) is 56.0 Å². The van der Waals surface area contributed by atoms with E-state index in [1.807, 2.05) is 20.0 Å². The standard InChI is InChI=1S/C15H24N2O2S/c1-12-5-4-8-17(11-12)20(18,19)15-7-6-13(2)14(9-15)10-16-3/h6-7,9,12,16H,4-5,8,10-11H2,1-3H3. The summed E-state index contributed by atoms with van der Waals surface area (Å²) in [5.41, 5.74) is 2.16. The lowest BCUT2D eigenvalue weighted by atomic mass is 10.0. The van der Waals surface area contributed by atoms with Gasteiger partial charge in [-0.1, -0.05) is 13.0 Å². The summed E-state index contributed by atoms with van der Waals surface area (Å²) in [6.45, 7) is 6.08. The van der Waals surface area contributed by atoms with E-state index < -0.39 is 10.0 Å². The van der Waals surface area contributed by atoms with Crippen molar-refractivity contribution in [3.8, 4) is 0 Å². The number of piperidine rings is 1. The number of rotatable bonds is 4. The van der Waals surface area contributed by atoms with Crippen LogP contribution in [0.1, 0.15) is 30.9 Å². The van der Waals surface area contributed by atoms with Gasteiger partial charge >= 0.3 is 0 Å². The zero-order chi connectivity index (χ0) is 14.8. The van der Waals surface area contributed by atoms with E-state index in [2.05, 4.69) is 12.2 Å². The first-order valence-corrected chi connectivity index (χ1v) is 8.63. The highest BCUT2D eigenvalue weighted by molar-refractivity contribution is 7.89. The van der Waals surface area contributed by atoms with Crippen molar-refractivity contribution >= 4 is 10.0 Å². The molecule has 0 amide bonds. The van der Waals surface area contributed by atoms with E-state index >= 15 is 0 Å². The van der Waals surface area contributed by atoms with E-state index in [9.17, 15) is 8.42 Å². The van der Waals surface area contributed by atoms with Crippen LogP contribution < -0.4 is 5.32 Å². The molecule has 2 rings (SSSR count). The molecule has 1 aromatic rings. The Balaban J connectivity index is 2.31. The van der Waals surface area contributed by atoms with E-state index in [1.54, 1.807) is 16.4 Å². The van der Waals surface area contributed by atoms with E-state index in [1.165, 1.54) is 0 Å². The van der Waals surface area contributed by atoms with Gasteiger partial charge < -0.3 is 5.32 Å². The molecule has 4 nitrogen and oxygen atoms in total. The fourth-order valence-corrected chi connectivity index (χ4v) is 4.35. The molecule has 1 fully saturated rings. The van der Waals surface area contributed by atoms with Gasteiger partial charge in [0.15, 0.2) is 0 Å². The number of sulfonamides is 1. The molecule has 0 radical (unpaired) electrons.